The number of carboxylic acids is 1. The van der Waals surface area contributed by atoms with Crippen molar-refractivity contribution in [2.75, 3.05) is 5.32 Å². The third kappa shape index (κ3) is 5.16. The normalized spacial score (nSPS) is 10.8. The number of hydrogen-bond donors (Lipinski definition) is 3. The Bertz CT molecular complexity index is 949. The lowest BCUT2D eigenvalue weighted by atomic mass is 10.2. The molecule has 0 fully saturated rings. The Morgan fingerprint density at radius 2 is 1.79 bits per heavy atom. The summed E-state index contributed by atoms with van der Waals surface area (Å²) in [6, 6.07) is 7.52. The fraction of sp³-hybridized carbons (Fsp3) is 0.188. The van der Waals surface area contributed by atoms with Crippen LogP contribution < -0.4 is 5.32 Å². The van der Waals surface area contributed by atoms with Gasteiger partial charge in [0.25, 0.3) is 5.91 Å². The summed E-state index contributed by atoms with van der Waals surface area (Å²) in [5, 5.41) is 19.6. The van der Waals surface area contributed by atoms with E-state index in [1.165, 1.54) is 6.20 Å². The standard InChI is InChI=1S/C14H14N6O.C2HF3O2/c1-9-10(2)20(8-15-9)12-5-3-11(4-6-12)17-14(21)13-7-16-19-18-13;3-2(4,5)1(6)7/h3-8H,1-2H3,(H,17,21)(H,16,18,19);(H,6,7). The van der Waals surface area contributed by atoms with Crippen molar-refractivity contribution < 1.29 is 27.9 Å². The third-order valence-corrected chi connectivity index (χ3v) is 3.55. The van der Waals surface area contributed by atoms with Crippen molar-refractivity contribution in [3.8, 4) is 5.69 Å². The Morgan fingerprint density at radius 1 is 1.18 bits per heavy atom. The van der Waals surface area contributed by atoms with Gasteiger partial charge in [-0.25, -0.2) is 9.78 Å². The van der Waals surface area contributed by atoms with E-state index in [-0.39, 0.29) is 11.6 Å². The number of aryl methyl sites for hydroxylation is 1. The van der Waals surface area contributed by atoms with E-state index in [4.69, 9.17) is 9.90 Å². The predicted molar refractivity (Wildman–Crippen MR) is 91.1 cm³/mol. The molecule has 0 bridgehead atoms. The number of amides is 1. The second-order valence-electron chi connectivity index (χ2n) is 5.44. The number of benzene rings is 1. The minimum Gasteiger partial charge on any atom is -0.475 e. The highest BCUT2D eigenvalue weighted by Gasteiger charge is 2.38. The van der Waals surface area contributed by atoms with Crippen molar-refractivity contribution in [2.24, 2.45) is 0 Å². The lowest BCUT2D eigenvalue weighted by Crippen LogP contribution is -2.21. The van der Waals surface area contributed by atoms with Crippen molar-refractivity contribution in [3.63, 3.8) is 0 Å². The smallest absolute Gasteiger partial charge is 0.475 e. The summed E-state index contributed by atoms with van der Waals surface area (Å²) >= 11 is 0. The molecule has 0 aliphatic heterocycles. The molecule has 1 aromatic carbocycles. The highest BCUT2D eigenvalue weighted by molar-refractivity contribution is 6.02. The molecule has 3 rings (SSSR count). The lowest BCUT2D eigenvalue weighted by molar-refractivity contribution is -0.192. The van der Waals surface area contributed by atoms with Crippen molar-refractivity contribution >= 4 is 17.6 Å². The molecule has 1 amide bonds. The lowest BCUT2D eigenvalue weighted by Gasteiger charge is -2.07. The Hall–Kier alpha value is -3.70. The number of aliphatic carboxylic acids is 1. The van der Waals surface area contributed by atoms with E-state index >= 15 is 0 Å². The van der Waals surface area contributed by atoms with Gasteiger partial charge < -0.3 is 15.0 Å². The summed E-state index contributed by atoms with van der Waals surface area (Å²) in [7, 11) is 0. The van der Waals surface area contributed by atoms with Crippen molar-refractivity contribution in [1.29, 1.82) is 0 Å². The number of H-pyrrole nitrogens is 1. The van der Waals surface area contributed by atoms with Gasteiger partial charge >= 0.3 is 12.1 Å². The van der Waals surface area contributed by atoms with Gasteiger partial charge in [0.1, 0.15) is 0 Å². The maximum Gasteiger partial charge on any atom is 0.490 e. The van der Waals surface area contributed by atoms with Gasteiger partial charge in [0.15, 0.2) is 5.69 Å². The van der Waals surface area contributed by atoms with Gasteiger partial charge in [-0.15, -0.1) is 0 Å². The average Bonchev–Trinajstić information content (AvgIpc) is 3.27. The number of carboxylic acid groups (broad SMARTS) is 1. The first kappa shape index (κ1) is 20.6. The van der Waals surface area contributed by atoms with Crippen LogP contribution in [0.5, 0.6) is 0 Å². The van der Waals surface area contributed by atoms with Crippen LogP contribution in [0.2, 0.25) is 0 Å². The number of carbonyl (C=O) groups excluding carboxylic acids is 1. The molecule has 0 unspecified atom stereocenters. The van der Waals surface area contributed by atoms with Gasteiger partial charge in [-0.3, -0.25) is 4.79 Å². The van der Waals surface area contributed by atoms with E-state index in [1.807, 2.05) is 42.7 Å². The quantitative estimate of drug-likeness (QED) is 0.625. The van der Waals surface area contributed by atoms with E-state index in [9.17, 15) is 18.0 Å². The molecular formula is C16H15F3N6O3. The maximum absolute atomic E-state index is 11.8. The first-order chi connectivity index (χ1) is 13.1. The Morgan fingerprint density at radius 3 is 2.21 bits per heavy atom. The molecule has 0 aliphatic rings. The van der Waals surface area contributed by atoms with E-state index < -0.39 is 12.1 Å². The van der Waals surface area contributed by atoms with Crippen LogP contribution in [0, 0.1) is 13.8 Å². The second-order valence-corrected chi connectivity index (χ2v) is 5.44. The molecule has 2 heterocycles. The molecule has 0 saturated carbocycles. The monoisotopic (exact) mass is 396 g/mol. The summed E-state index contributed by atoms with van der Waals surface area (Å²) < 4.78 is 33.7. The molecule has 12 heteroatoms. The highest BCUT2D eigenvalue weighted by atomic mass is 19.4. The van der Waals surface area contributed by atoms with Gasteiger partial charge in [-0.1, -0.05) is 0 Å². The fourth-order valence-electron chi connectivity index (χ4n) is 1.97. The highest BCUT2D eigenvalue weighted by Crippen LogP contribution is 2.17. The molecule has 28 heavy (non-hydrogen) atoms. The van der Waals surface area contributed by atoms with Crippen LogP contribution in [-0.2, 0) is 4.79 Å². The van der Waals surface area contributed by atoms with E-state index in [1.54, 1.807) is 6.33 Å². The Labute approximate surface area is 156 Å². The predicted octanol–water partition coefficient (Wildman–Crippen LogP) is 2.49. The van der Waals surface area contributed by atoms with E-state index in [0.29, 0.717) is 5.69 Å². The zero-order valence-corrected chi connectivity index (χ0v) is 14.7. The van der Waals surface area contributed by atoms with Gasteiger partial charge in [0, 0.05) is 17.1 Å². The van der Waals surface area contributed by atoms with Crippen molar-refractivity contribution in [2.45, 2.75) is 20.0 Å². The zero-order chi connectivity index (χ0) is 20.9. The first-order valence-electron chi connectivity index (χ1n) is 7.68. The fourth-order valence-corrected chi connectivity index (χ4v) is 1.97. The molecule has 0 spiro atoms. The number of halogens is 3. The van der Waals surface area contributed by atoms with Gasteiger partial charge in [0.2, 0.25) is 0 Å². The van der Waals surface area contributed by atoms with Crippen molar-refractivity contribution in [1.82, 2.24) is 25.0 Å². The number of imidazole rings is 1. The molecule has 0 radical (unpaired) electrons. The average molecular weight is 396 g/mol. The number of aromatic amines is 1. The summed E-state index contributed by atoms with van der Waals surface area (Å²) in [5.74, 6) is -3.06. The molecule has 0 atom stereocenters. The summed E-state index contributed by atoms with van der Waals surface area (Å²) in [6.07, 6.45) is -1.92. The van der Waals surface area contributed by atoms with Gasteiger partial charge in [-0.05, 0) is 38.1 Å². The molecule has 0 aliphatic carbocycles. The molecule has 3 N–H and O–H groups in total. The number of alkyl halides is 3. The molecular weight excluding hydrogens is 381 g/mol. The SMILES string of the molecule is Cc1ncn(-c2ccc(NC(=O)c3cn[nH]n3)cc2)c1C.O=C(O)C(F)(F)F. The molecule has 0 saturated heterocycles. The third-order valence-electron chi connectivity index (χ3n) is 3.55. The van der Waals surface area contributed by atoms with E-state index in [0.717, 1.165) is 17.1 Å². The maximum atomic E-state index is 11.8. The van der Waals surface area contributed by atoms with Crippen LogP contribution in [0.3, 0.4) is 0 Å². The summed E-state index contributed by atoms with van der Waals surface area (Å²) in [5.41, 5.74) is 4.03. The topological polar surface area (TPSA) is 126 Å². The first-order valence-corrected chi connectivity index (χ1v) is 7.68. The number of anilines is 1. The number of rotatable bonds is 3. The largest absolute Gasteiger partial charge is 0.490 e. The van der Waals surface area contributed by atoms with Crippen LogP contribution in [0.15, 0.2) is 36.8 Å². The minimum absolute atomic E-state index is 0.250. The van der Waals surface area contributed by atoms with Crippen LogP contribution in [0.1, 0.15) is 21.9 Å². The molecule has 148 valence electrons. The number of hydrogen-bond acceptors (Lipinski definition) is 5. The second kappa shape index (κ2) is 8.33. The number of nitrogens with zero attached hydrogens (tertiary/aromatic N) is 4. The summed E-state index contributed by atoms with van der Waals surface area (Å²) in [4.78, 5) is 25.0. The van der Waals surface area contributed by atoms with Crippen LogP contribution in [-0.4, -0.2) is 48.1 Å². The Kier molecular flexibility index (Phi) is 6.13. The number of aromatic nitrogens is 5. The van der Waals surface area contributed by atoms with Crippen LogP contribution >= 0.6 is 0 Å². The number of nitrogens with one attached hydrogen (secondary N) is 2. The summed E-state index contributed by atoms with van der Waals surface area (Å²) in [6.45, 7) is 3.99. The minimum atomic E-state index is -5.08. The van der Waals surface area contributed by atoms with Gasteiger partial charge in [-0.2, -0.15) is 28.6 Å². The number of carbonyl (C=O) groups is 2. The molecule has 2 aromatic heterocycles. The molecule has 9 nitrogen and oxygen atoms in total. The Balaban J connectivity index is 0.000000345. The molecule has 3 aromatic rings. The van der Waals surface area contributed by atoms with Crippen LogP contribution in [0.25, 0.3) is 5.69 Å². The zero-order valence-electron chi connectivity index (χ0n) is 14.7. The van der Waals surface area contributed by atoms with E-state index in [2.05, 4.69) is 25.7 Å². The van der Waals surface area contributed by atoms with Crippen LogP contribution in [0.4, 0.5) is 18.9 Å². The van der Waals surface area contributed by atoms with Crippen molar-refractivity contribution in [3.05, 3.63) is 53.9 Å². The van der Waals surface area contributed by atoms with Gasteiger partial charge in [0.05, 0.1) is 18.2 Å².